The number of ether oxygens (including phenoxy) is 2. The smallest absolute Gasteiger partial charge is 0.224 e. The Kier molecular flexibility index (Phi) is 5.76. The summed E-state index contributed by atoms with van der Waals surface area (Å²) in [5, 5.41) is 22.3. The van der Waals surface area contributed by atoms with Crippen molar-refractivity contribution in [2.45, 2.75) is 57.3 Å². The number of amides is 1. The van der Waals surface area contributed by atoms with E-state index in [1.54, 1.807) is 25.2 Å². The zero-order chi connectivity index (χ0) is 23.4. The normalized spacial score (nSPS) is 33.5. The number of fused-ring (bicyclic) bond motifs is 6. The van der Waals surface area contributed by atoms with Gasteiger partial charge in [-0.15, -0.1) is 0 Å². The van der Waals surface area contributed by atoms with E-state index in [0.717, 1.165) is 11.3 Å². The summed E-state index contributed by atoms with van der Waals surface area (Å²) >= 11 is 0. The van der Waals surface area contributed by atoms with Crippen LogP contribution in [0.1, 0.15) is 38.7 Å². The van der Waals surface area contributed by atoms with Crippen molar-refractivity contribution in [2.24, 2.45) is 11.3 Å². The highest BCUT2D eigenvalue weighted by Crippen LogP contribution is 2.56. The Morgan fingerprint density at radius 3 is 2.47 bits per heavy atom. The molecule has 2 saturated heterocycles. The van der Waals surface area contributed by atoms with Gasteiger partial charge in [0.1, 0.15) is 0 Å². The number of anilines is 1. The van der Waals surface area contributed by atoms with Crippen LogP contribution in [0.3, 0.4) is 0 Å². The molecule has 176 valence electrons. The van der Waals surface area contributed by atoms with Crippen molar-refractivity contribution in [3.05, 3.63) is 17.7 Å². The molecule has 3 heterocycles. The van der Waals surface area contributed by atoms with E-state index >= 15 is 0 Å². The minimum atomic E-state index is -1.84. The molecule has 8 nitrogen and oxygen atoms in total. The van der Waals surface area contributed by atoms with Crippen LogP contribution < -0.4 is 14.4 Å². The topological polar surface area (TPSA) is 99.5 Å². The van der Waals surface area contributed by atoms with Gasteiger partial charge in [0.2, 0.25) is 5.91 Å². The number of ketones is 1. The predicted molar refractivity (Wildman–Crippen MR) is 119 cm³/mol. The van der Waals surface area contributed by atoms with Gasteiger partial charge in [-0.3, -0.25) is 9.59 Å². The van der Waals surface area contributed by atoms with Crippen LogP contribution in [-0.2, 0) is 16.0 Å². The molecule has 1 aromatic rings. The van der Waals surface area contributed by atoms with Crippen LogP contribution in [0.4, 0.5) is 5.69 Å². The maximum absolute atomic E-state index is 14.2. The lowest BCUT2D eigenvalue weighted by Crippen LogP contribution is -2.71. The number of hydrogen-bond acceptors (Lipinski definition) is 7. The lowest BCUT2D eigenvalue weighted by Gasteiger charge is -2.58. The van der Waals surface area contributed by atoms with Crippen LogP contribution in [0, 0.1) is 11.3 Å². The average Bonchev–Trinajstić information content (AvgIpc) is 2.85. The van der Waals surface area contributed by atoms with Crippen molar-refractivity contribution in [1.29, 1.82) is 0 Å². The van der Waals surface area contributed by atoms with Crippen molar-refractivity contribution in [3.63, 3.8) is 0 Å². The monoisotopic (exact) mass is 446 g/mol. The molecule has 0 aromatic heterocycles. The fourth-order valence-electron chi connectivity index (χ4n) is 6.25. The van der Waals surface area contributed by atoms with Gasteiger partial charge in [-0.2, -0.15) is 0 Å². The van der Waals surface area contributed by atoms with Crippen LogP contribution in [0.25, 0.3) is 0 Å². The Morgan fingerprint density at radius 1 is 1.22 bits per heavy atom. The van der Waals surface area contributed by atoms with Gasteiger partial charge in [-0.25, -0.2) is 0 Å². The van der Waals surface area contributed by atoms with Gasteiger partial charge in [0.05, 0.1) is 37.5 Å². The lowest BCUT2D eigenvalue weighted by molar-refractivity contribution is -0.183. The number of rotatable bonds is 3. The van der Waals surface area contributed by atoms with E-state index in [4.69, 9.17) is 9.47 Å². The van der Waals surface area contributed by atoms with Crippen LogP contribution in [0.15, 0.2) is 12.1 Å². The standard InChI is InChI=1S/C24H34N2O6/c1-14(27)24(30)17-6-8-25(3)9-7-23(22(24)29)13-16-10-19(31-4)20(32-5)12-18(16)26(15(2)28)21(23)11-17/h10,12,14,17,21,27,30H,6-9,11,13H2,1-5H3/t14?,17-,21-,23-,24?/m0/s1. The molecule has 1 aliphatic carbocycles. The second-order valence-corrected chi connectivity index (χ2v) is 9.68. The van der Waals surface area contributed by atoms with Crippen LogP contribution in [0.5, 0.6) is 11.5 Å². The Labute approximate surface area is 189 Å². The Balaban J connectivity index is 1.97. The molecule has 4 aliphatic rings. The number of Topliss-reactive ketones (excluding diaryl/α,β-unsaturated/α-hetero) is 1. The van der Waals surface area contributed by atoms with Gasteiger partial charge in [0, 0.05) is 18.9 Å². The molecule has 5 rings (SSSR count). The number of aliphatic hydroxyl groups is 2. The number of carbonyl (C=O) groups excluding carboxylic acids is 2. The van der Waals surface area contributed by atoms with Gasteiger partial charge >= 0.3 is 0 Å². The molecule has 32 heavy (non-hydrogen) atoms. The Hall–Kier alpha value is -2.16. The zero-order valence-corrected chi connectivity index (χ0v) is 19.6. The maximum atomic E-state index is 14.2. The number of carbonyl (C=O) groups is 2. The van der Waals surface area contributed by atoms with Crippen molar-refractivity contribution in [1.82, 2.24) is 4.90 Å². The lowest BCUT2D eigenvalue weighted by atomic mass is 9.53. The van der Waals surface area contributed by atoms with E-state index in [9.17, 15) is 19.8 Å². The molecule has 0 radical (unpaired) electrons. The highest BCUT2D eigenvalue weighted by molar-refractivity contribution is 6.01. The molecule has 1 amide bonds. The average molecular weight is 447 g/mol. The van der Waals surface area contributed by atoms with Crippen LogP contribution >= 0.6 is 0 Å². The second kappa shape index (κ2) is 8.01. The molecule has 1 aromatic carbocycles. The van der Waals surface area contributed by atoms with Crippen molar-refractivity contribution in [3.8, 4) is 11.5 Å². The first-order valence-corrected chi connectivity index (χ1v) is 11.3. The minimum Gasteiger partial charge on any atom is -0.493 e. The maximum Gasteiger partial charge on any atom is 0.224 e. The van der Waals surface area contributed by atoms with Crippen molar-refractivity contribution in [2.75, 3.05) is 39.3 Å². The molecule has 8 heteroatoms. The number of aliphatic hydroxyl groups excluding tert-OH is 1. The summed E-state index contributed by atoms with van der Waals surface area (Å²) in [7, 11) is 5.11. The first-order valence-electron chi connectivity index (χ1n) is 11.3. The summed E-state index contributed by atoms with van der Waals surface area (Å²) in [5.74, 6) is 0.0968. The quantitative estimate of drug-likeness (QED) is 0.724. The summed E-state index contributed by atoms with van der Waals surface area (Å²) in [5.41, 5.74) is -1.31. The van der Waals surface area contributed by atoms with Crippen molar-refractivity contribution >= 4 is 17.4 Å². The van der Waals surface area contributed by atoms with Gasteiger partial charge in [-0.05, 0) is 64.4 Å². The van der Waals surface area contributed by atoms with Gasteiger partial charge in [0.15, 0.2) is 22.9 Å². The third-order valence-corrected chi connectivity index (χ3v) is 8.02. The van der Waals surface area contributed by atoms with Crippen LogP contribution in [0.2, 0.25) is 0 Å². The van der Waals surface area contributed by atoms with E-state index < -0.39 is 29.1 Å². The molecule has 3 fully saturated rings. The Morgan fingerprint density at radius 2 is 1.88 bits per heavy atom. The Bertz CT molecular complexity index is 933. The zero-order valence-electron chi connectivity index (χ0n) is 19.6. The summed E-state index contributed by atoms with van der Waals surface area (Å²) in [6.45, 7) is 4.38. The fourth-order valence-corrected chi connectivity index (χ4v) is 6.25. The van der Waals surface area contributed by atoms with Crippen LogP contribution in [-0.4, -0.2) is 78.9 Å². The van der Waals surface area contributed by atoms with E-state index in [1.807, 2.05) is 13.1 Å². The van der Waals surface area contributed by atoms with E-state index in [-0.39, 0.29) is 11.7 Å². The summed E-state index contributed by atoms with van der Waals surface area (Å²) in [6.07, 6.45) is 0.686. The summed E-state index contributed by atoms with van der Waals surface area (Å²) in [6, 6.07) is 3.24. The molecular formula is C24H34N2O6. The first-order chi connectivity index (χ1) is 15.1. The summed E-state index contributed by atoms with van der Waals surface area (Å²) in [4.78, 5) is 31.1. The van der Waals surface area contributed by atoms with E-state index in [2.05, 4.69) is 4.90 Å². The second-order valence-electron chi connectivity index (χ2n) is 9.68. The third kappa shape index (κ3) is 3.15. The predicted octanol–water partition coefficient (Wildman–Crippen LogP) is 1.39. The minimum absolute atomic E-state index is 0.158. The number of benzene rings is 1. The molecule has 2 N–H and O–H groups in total. The van der Waals surface area contributed by atoms with Gasteiger partial charge < -0.3 is 29.5 Å². The SMILES string of the molecule is COc1cc2c(cc1OC)N(C(C)=O)[C@H]1C[C@@H]3CCN(C)CC[C@@]1(C2)C(=O)C3(O)C(C)O. The third-order valence-electron chi connectivity index (χ3n) is 8.02. The van der Waals surface area contributed by atoms with Gasteiger partial charge in [-0.1, -0.05) is 0 Å². The number of nitrogens with zero attached hydrogens (tertiary/aromatic N) is 2. The molecule has 2 bridgehead atoms. The number of hydrogen-bond donors (Lipinski definition) is 2. The van der Waals surface area contributed by atoms with Gasteiger partial charge in [0.25, 0.3) is 0 Å². The molecule has 5 atom stereocenters. The summed E-state index contributed by atoms with van der Waals surface area (Å²) < 4.78 is 11.0. The molecule has 1 saturated carbocycles. The highest BCUT2D eigenvalue weighted by atomic mass is 16.5. The molecule has 1 spiro atoms. The van der Waals surface area contributed by atoms with E-state index in [0.29, 0.717) is 50.3 Å². The molecular weight excluding hydrogens is 412 g/mol. The molecule has 2 unspecified atom stereocenters. The first kappa shape index (κ1) is 23.0. The highest BCUT2D eigenvalue weighted by Gasteiger charge is 2.66. The van der Waals surface area contributed by atoms with Crippen molar-refractivity contribution < 1.29 is 29.3 Å². The molecule has 3 aliphatic heterocycles. The number of methoxy groups -OCH3 is 2. The van der Waals surface area contributed by atoms with E-state index in [1.165, 1.54) is 13.8 Å². The largest absolute Gasteiger partial charge is 0.493 e. The fraction of sp³-hybridized carbons (Fsp3) is 0.667.